The molecule has 0 bridgehead atoms. The minimum Gasteiger partial charge on any atom is -0.494 e. The van der Waals surface area contributed by atoms with Gasteiger partial charge in [-0.15, -0.1) is 0 Å². The van der Waals surface area contributed by atoms with Gasteiger partial charge in [-0.05, 0) is 50.9 Å². The molecule has 1 rings (SSSR count). The molecule has 0 aliphatic rings. The van der Waals surface area contributed by atoms with Crippen LogP contribution in [0.3, 0.4) is 0 Å². The molecule has 0 fully saturated rings. The van der Waals surface area contributed by atoms with Crippen LogP contribution < -0.4 is 10.1 Å². The molecule has 0 radical (unpaired) electrons. The Hall–Kier alpha value is -0.540. The van der Waals surface area contributed by atoms with E-state index in [0.29, 0.717) is 18.6 Å². The van der Waals surface area contributed by atoms with Gasteiger partial charge in [-0.2, -0.15) is 0 Å². The van der Waals surface area contributed by atoms with Crippen LogP contribution in [0.25, 0.3) is 0 Å². The Morgan fingerprint density at radius 1 is 1.15 bits per heavy atom. The van der Waals surface area contributed by atoms with Gasteiger partial charge in [-0.25, -0.2) is 0 Å². The van der Waals surface area contributed by atoms with Gasteiger partial charge in [0.05, 0.1) is 6.61 Å². The summed E-state index contributed by atoms with van der Waals surface area (Å²) < 4.78 is 6.93. The van der Waals surface area contributed by atoms with Gasteiger partial charge >= 0.3 is 0 Å². The van der Waals surface area contributed by atoms with Crippen LogP contribution >= 0.6 is 15.9 Å². The largest absolute Gasteiger partial charge is 0.494 e. The van der Waals surface area contributed by atoms with Crippen molar-refractivity contribution in [2.75, 3.05) is 13.7 Å². The average Bonchev–Trinajstić information content (AvgIpc) is 2.43. The SMILES string of the molecule is CCCC(CCC)C(NC)c1cc(Br)ccc1OCC. The molecule has 0 aliphatic carbocycles. The van der Waals surface area contributed by atoms with Crippen molar-refractivity contribution in [3.8, 4) is 5.75 Å². The number of ether oxygens (including phenoxy) is 1. The number of halogens is 1. The average molecular weight is 342 g/mol. The summed E-state index contributed by atoms with van der Waals surface area (Å²) in [5.41, 5.74) is 1.27. The third kappa shape index (κ3) is 4.78. The molecule has 2 nitrogen and oxygen atoms in total. The summed E-state index contributed by atoms with van der Waals surface area (Å²) in [4.78, 5) is 0. The third-order valence-electron chi connectivity index (χ3n) is 3.71. The van der Waals surface area contributed by atoms with Crippen LogP contribution in [-0.4, -0.2) is 13.7 Å². The summed E-state index contributed by atoms with van der Waals surface area (Å²) in [6.45, 7) is 7.27. The van der Waals surface area contributed by atoms with E-state index in [1.54, 1.807) is 0 Å². The zero-order valence-corrected chi connectivity index (χ0v) is 14.8. The molecule has 0 spiro atoms. The van der Waals surface area contributed by atoms with Crippen molar-refractivity contribution in [3.05, 3.63) is 28.2 Å². The molecule has 3 heteroatoms. The molecule has 114 valence electrons. The van der Waals surface area contributed by atoms with Crippen LogP contribution in [0.15, 0.2) is 22.7 Å². The number of hydrogen-bond acceptors (Lipinski definition) is 2. The summed E-state index contributed by atoms with van der Waals surface area (Å²) in [6.07, 6.45) is 4.94. The first kappa shape index (κ1) is 17.5. The molecule has 0 saturated carbocycles. The van der Waals surface area contributed by atoms with Crippen molar-refractivity contribution in [2.45, 2.75) is 52.5 Å². The van der Waals surface area contributed by atoms with Crippen LogP contribution in [0.2, 0.25) is 0 Å². The molecule has 0 aromatic heterocycles. The fourth-order valence-electron chi connectivity index (χ4n) is 2.91. The molecule has 0 saturated heterocycles. The highest BCUT2D eigenvalue weighted by Crippen LogP contribution is 2.36. The van der Waals surface area contributed by atoms with Crippen LogP contribution in [-0.2, 0) is 0 Å². The fourth-order valence-corrected chi connectivity index (χ4v) is 3.29. The van der Waals surface area contributed by atoms with Crippen molar-refractivity contribution in [1.29, 1.82) is 0 Å². The van der Waals surface area contributed by atoms with Gasteiger partial charge in [0.1, 0.15) is 5.75 Å². The third-order valence-corrected chi connectivity index (χ3v) is 4.20. The van der Waals surface area contributed by atoms with E-state index >= 15 is 0 Å². The second kappa shape index (κ2) is 9.41. The fraction of sp³-hybridized carbons (Fsp3) is 0.647. The van der Waals surface area contributed by atoms with Crippen LogP contribution in [0.1, 0.15) is 58.1 Å². The first-order valence-corrected chi connectivity index (χ1v) is 8.56. The van der Waals surface area contributed by atoms with E-state index < -0.39 is 0 Å². The lowest BCUT2D eigenvalue weighted by Gasteiger charge is -2.28. The monoisotopic (exact) mass is 341 g/mol. The minimum absolute atomic E-state index is 0.356. The second-order valence-electron chi connectivity index (χ2n) is 5.22. The van der Waals surface area contributed by atoms with Crippen molar-refractivity contribution >= 4 is 15.9 Å². The van der Waals surface area contributed by atoms with Gasteiger partial charge < -0.3 is 10.1 Å². The Kier molecular flexibility index (Phi) is 8.24. The lowest BCUT2D eigenvalue weighted by atomic mass is 9.86. The van der Waals surface area contributed by atoms with Crippen LogP contribution in [0.4, 0.5) is 0 Å². The summed E-state index contributed by atoms with van der Waals surface area (Å²) in [5, 5.41) is 3.51. The molecule has 1 unspecified atom stereocenters. The van der Waals surface area contributed by atoms with Crippen LogP contribution in [0, 0.1) is 5.92 Å². The highest BCUT2D eigenvalue weighted by atomic mass is 79.9. The lowest BCUT2D eigenvalue weighted by Crippen LogP contribution is -2.26. The van der Waals surface area contributed by atoms with Gasteiger partial charge in [0.15, 0.2) is 0 Å². The maximum atomic E-state index is 5.82. The summed E-state index contributed by atoms with van der Waals surface area (Å²) in [7, 11) is 2.06. The van der Waals surface area contributed by atoms with E-state index in [-0.39, 0.29) is 0 Å². The van der Waals surface area contributed by atoms with Gasteiger partial charge in [0.2, 0.25) is 0 Å². The highest BCUT2D eigenvalue weighted by molar-refractivity contribution is 9.10. The molecule has 1 aromatic carbocycles. The molecule has 20 heavy (non-hydrogen) atoms. The molecule has 1 N–H and O–H groups in total. The highest BCUT2D eigenvalue weighted by Gasteiger charge is 2.23. The topological polar surface area (TPSA) is 21.3 Å². The van der Waals surface area contributed by atoms with Gasteiger partial charge in [-0.1, -0.05) is 42.6 Å². The molecule has 1 aromatic rings. The molecule has 0 aliphatic heterocycles. The maximum Gasteiger partial charge on any atom is 0.124 e. The Balaban J connectivity index is 3.10. The van der Waals surface area contributed by atoms with Gasteiger partial charge in [-0.3, -0.25) is 0 Å². The summed E-state index contributed by atoms with van der Waals surface area (Å²) in [6, 6.07) is 6.68. The van der Waals surface area contributed by atoms with E-state index in [2.05, 4.69) is 60.3 Å². The smallest absolute Gasteiger partial charge is 0.124 e. The summed E-state index contributed by atoms with van der Waals surface area (Å²) in [5.74, 6) is 1.66. The Morgan fingerprint density at radius 2 is 1.80 bits per heavy atom. The van der Waals surface area contributed by atoms with E-state index in [0.717, 1.165) is 10.2 Å². The van der Waals surface area contributed by atoms with Crippen molar-refractivity contribution in [3.63, 3.8) is 0 Å². The van der Waals surface area contributed by atoms with E-state index in [4.69, 9.17) is 4.74 Å². The quantitative estimate of drug-likeness (QED) is 0.655. The lowest BCUT2D eigenvalue weighted by molar-refractivity contribution is 0.301. The predicted octanol–water partition coefficient (Wildman–Crippen LogP) is 5.32. The van der Waals surface area contributed by atoms with E-state index in [9.17, 15) is 0 Å². The van der Waals surface area contributed by atoms with Crippen molar-refractivity contribution in [2.24, 2.45) is 5.92 Å². The molecular formula is C17H28BrNO. The Bertz CT molecular complexity index is 389. The molecule has 0 heterocycles. The normalized spacial score (nSPS) is 12.7. The molecule has 0 amide bonds. The molecular weight excluding hydrogens is 314 g/mol. The van der Waals surface area contributed by atoms with Crippen molar-refractivity contribution < 1.29 is 4.74 Å². The number of hydrogen-bond donors (Lipinski definition) is 1. The number of nitrogens with one attached hydrogen (secondary N) is 1. The Morgan fingerprint density at radius 3 is 2.30 bits per heavy atom. The van der Waals surface area contributed by atoms with Crippen molar-refractivity contribution in [1.82, 2.24) is 5.32 Å². The minimum atomic E-state index is 0.356. The maximum absolute atomic E-state index is 5.82. The predicted molar refractivity (Wildman–Crippen MR) is 90.4 cm³/mol. The second-order valence-corrected chi connectivity index (χ2v) is 6.13. The zero-order valence-electron chi connectivity index (χ0n) is 13.2. The van der Waals surface area contributed by atoms with E-state index in [1.807, 2.05) is 6.92 Å². The Labute approximate surface area is 132 Å². The van der Waals surface area contributed by atoms with E-state index in [1.165, 1.54) is 31.2 Å². The summed E-state index contributed by atoms with van der Waals surface area (Å²) >= 11 is 3.59. The number of rotatable bonds is 9. The van der Waals surface area contributed by atoms with Gasteiger partial charge in [0, 0.05) is 16.1 Å². The number of benzene rings is 1. The molecule has 1 atom stereocenters. The van der Waals surface area contributed by atoms with Crippen LogP contribution in [0.5, 0.6) is 5.75 Å². The standard InChI is InChI=1S/C17H28BrNO/c1-5-8-13(9-6-2)17(19-4)15-12-14(18)10-11-16(15)20-7-3/h10-13,17,19H,5-9H2,1-4H3. The first-order valence-electron chi connectivity index (χ1n) is 7.77. The van der Waals surface area contributed by atoms with Gasteiger partial charge in [0.25, 0.3) is 0 Å². The first-order chi connectivity index (χ1) is 9.67. The zero-order chi connectivity index (χ0) is 15.0.